The van der Waals surface area contributed by atoms with Crippen LogP contribution in [0.1, 0.15) is 29.8 Å². The first-order valence-electron chi connectivity index (χ1n) is 5.49. The van der Waals surface area contributed by atoms with Crippen LogP contribution in [0.2, 0.25) is 0 Å². The molecular weight excluding hydrogens is 216 g/mol. The Morgan fingerprint density at radius 2 is 2.12 bits per heavy atom. The maximum absolute atomic E-state index is 5.63. The van der Waals surface area contributed by atoms with E-state index in [4.69, 9.17) is 5.84 Å². The molecule has 0 saturated carbocycles. The summed E-state index contributed by atoms with van der Waals surface area (Å²) in [7, 11) is 1.90. The van der Waals surface area contributed by atoms with E-state index in [1.807, 2.05) is 13.2 Å². The molecule has 6 nitrogen and oxygen atoms in total. The molecule has 0 spiro atoms. The molecule has 2 heterocycles. The summed E-state index contributed by atoms with van der Waals surface area (Å²) in [6.07, 6.45) is 7.84. The third kappa shape index (κ3) is 2.32. The standard InChI is InChI=1S/C11H16N6/c1-3-10-9(6-17(2)16-10)11(15-12)8-4-13-7-14-5-8/h4-7,11,15H,3,12H2,1-2H3. The lowest BCUT2D eigenvalue weighted by atomic mass is 10.0. The van der Waals surface area contributed by atoms with E-state index in [-0.39, 0.29) is 6.04 Å². The van der Waals surface area contributed by atoms with E-state index < -0.39 is 0 Å². The Kier molecular flexibility index (Phi) is 3.46. The lowest BCUT2D eigenvalue weighted by Gasteiger charge is -2.15. The van der Waals surface area contributed by atoms with Crippen molar-refractivity contribution in [3.63, 3.8) is 0 Å². The number of hydrazine groups is 1. The molecule has 3 N–H and O–H groups in total. The van der Waals surface area contributed by atoms with Gasteiger partial charge in [0.05, 0.1) is 11.7 Å². The summed E-state index contributed by atoms with van der Waals surface area (Å²) in [5.41, 5.74) is 5.81. The first-order chi connectivity index (χ1) is 8.26. The van der Waals surface area contributed by atoms with Crippen molar-refractivity contribution in [3.8, 4) is 0 Å². The van der Waals surface area contributed by atoms with Gasteiger partial charge in [-0.3, -0.25) is 10.5 Å². The Labute approximate surface area is 99.9 Å². The lowest BCUT2D eigenvalue weighted by Crippen LogP contribution is -2.29. The second-order valence-electron chi connectivity index (χ2n) is 3.83. The SMILES string of the molecule is CCc1nn(C)cc1C(NN)c1cncnc1. The number of hydrogen-bond donors (Lipinski definition) is 2. The van der Waals surface area contributed by atoms with E-state index in [1.54, 1.807) is 17.1 Å². The number of hydrogen-bond acceptors (Lipinski definition) is 5. The predicted octanol–water partition coefficient (Wildman–Crippen LogP) is 0.325. The zero-order chi connectivity index (χ0) is 12.3. The summed E-state index contributed by atoms with van der Waals surface area (Å²) in [6, 6.07) is -0.125. The van der Waals surface area contributed by atoms with Gasteiger partial charge in [0.25, 0.3) is 0 Å². The predicted molar refractivity (Wildman–Crippen MR) is 63.8 cm³/mol. The minimum atomic E-state index is -0.125. The monoisotopic (exact) mass is 232 g/mol. The fourth-order valence-corrected chi connectivity index (χ4v) is 1.89. The fourth-order valence-electron chi connectivity index (χ4n) is 1.89. The van der Waals surface area contributed by atoms with Gasteiger partial charge in [-0.25, -0.2) is 15.4 Å². The highest BCUT2D eigenvalue weighted by Crippen LogP contribution is 2.22. The van der Waals surface area contributed by atoms with Crippen LogP contribution in [0.15, 0.2) is 24.9 Å². The zero-order valence-corrected chi connectivity index (χ0v) is 9.96. The summed E-state index contributed by atoms with van der Waals surface area (Å²) in [5, 5.41) is 4.40. The molecule has 0 saturated heterocycles. The Balaban J connectivity index is 2.42. The van der Waals surface area contributed by atoms with Gasteiger partial charge < -0.3 is 0 Å². The molecule has 0 aliphatic rings. The van der Waals surface area contributed by atoms with Gasteiger partial charge in [-0.05, 0) is 6.42 Å². The molecule has 0 amide bonds. The van der Waals surface area contributed by atoms with Crippen molar-refractivity contribution >= 4 is 0 Å². The van der Waals surface area contributed by atoms with Crippen molar-refractivity contribution < 1.29 is 0 Å². The topological polar surface area (TPSA) is 81.7 Å². The van der Waals surface area contributed by atoms with Crippen LogP contribution in [0.25, 0.3) is 0 Å². The molecule has 0 fully saturated rings. The Hall–Kier alpha value is -1.79. The highest BCUT2D eigenvalue weighted by molar-refractivity contribution is 5.30. The largest absolute Gasteiger partial charge is 0.275 e. The van der Waals surface area contributed by atoms with Crippen LogP contribution >= 0.6 is 0 Å². The first-order valence-corrected chi connectivity index (χ1v) is 5.49. The Morgan fingerprint density at radius 1 is 1.41 bits per heavy atom. The van der Waals surface area contributed by atoms with Crippen LogP contribution < -0.4 is 11.3 Å². The van der Waals surface area contributed by atoms with E-state index in [1.165, 1.54) is 6.33 Å². The molecule has 17 heavy (non-hydrogen) atoms. The minimum Gasteiger partial charge on any atom is -0.275 e. The van der Waals surface area contributed by atoms with Crippen molar-refractivity contribution in [1.29, 1.82) is 0 Å². The molecule has 2 aromatic rings. The van der Waals surface area contributed by atoms with Gasteiger partial charge >= 0.3 is 0 Å². The second-order valence-corrected chi connectivity index (χ2v) is 3.83. The van der Waals surface area contributed by atoms with Crippen LogP contribution in [-0.4, -0.2) is 19.7 Å². The van der Waals surface area contributed by atoms with Crippen molar-refractivity contribution in [2.24, 2.45) is 12.9 Å². The van der Waals surface area contributed by atoms with Crippen molar-refractivity contribution in [1.82, 2.24) is 25.2 Å². The van der Waals surface area contributed by atoms with E-state index in [2.05, 4.69) is 27.4 Å². The number of aryl methyl sites for hydroxylation is 2. The fraction of sp³-hybridized carbons (Fsp3) is 0.364. The molecule has 1 atom stereocenters. The summed E-state index contributed by atoms with van der Waals surface area (Å²) in [6.45, 7) is 2.07. The molecule has 0 radical (unpaired) electrons. The van der Waals surface area contributed by atoms with Crippen LogP contribution in [0.3, 0.4) is 0 Å². The highest BCUT2D eigenvalue weighted by atomic mass is 15.3. The number of nitrogens with one attached hydrogen (secondary N) is 1. The molecule has 6 heteroatoms. The van der Waals surface area contributed by atoms with Gasteiger partial charge in [-0.1, -0.05) is 6.92 Å². The van der Waals surface area contributed by atoms with E-state index in [9.17, 15) is 0 Å². The van der Waals surface area contributed by atoms with Gasteiger partial charge in [-0.2, -0.15) is 5.10 Å². The highest BCUT2D eigenvalue weighted by Gasteiger charge is 2.18. The lowest BCUT2D eigenvalue weighted by molar-refractivity contribution is 0.626. The molecule has 0 aliphatic heterocycles. The zero-order valence-electron chi connectivity index (χ0n) is 9.96. The minimum absolute atomic E-state index is 0.125. The van der Waals surface area contributed by atoms with Gasteiger partial charge in [-0.15, -0.1) is 0 Å². The quantitative estimate of drug-likeness (QED) is 0.586. The Morgan fingerprint density at radius 3 is 2.71 bits per heavy atom. The maximum Gasteiger partial charge on any atom is 0.115 e. The second kappa shape index (κ2) is 5.03. The average molecular weight is 232 g/mol. The van der Waals surface area contributed by atoms with Crippen LogP contribution in [0.5, 0.6) is 0 Å². The van der Waals surface area contributed by atoms with Crippen LogP contribution in [-0.2, 0) is 13.5 Å². The van der Waals surface area contributed by atoms with E-state index in [0.29, 0.717) is 0 Å². The first kappa shape index (κ1) is 11.7. The average Bonchev–Trinajstić information content (AvgIpc) is 2.73. The van der Waals surface area contributed by atoms with Gasteiger partial charge in [0.15, 0.2) is 0 Å². The smallest absolute Gasteiger partial charge is 0.115 e. The molecule has 90 valence electrons. The molecule has 2 aromatic heterocycles. The summed E-state index contributed by atoms with van der Waals surface area (Å²) in [4.78, 5) is 8.01. The normalized spacial score (nSPS) is 12.6. The maximum atomic E-state index is 5.63. The molecule has 2 rings (SSSR count). The molecular formula is C11H16N6. The third-order valence-corrected chi connectivity index (χ3v) is 2.66. The van der Waals surface area contributed by atoms with E-state index >= 15 is 0 Å². The number of nitrogens with zero attached hydrogens (tertiary/aromatic N) is 4. The summed E-state index contributed by atoms with van der Waals surface area (Å²) in [5.74, 6) is 5.63. The molecule has 0 bridgehead atoms. The Bertz CT molecular complexity index is 478. The summed E-state index contributed by atoms with van der Waals surface area (Å²) < 4.78 is 1.79. The number of rotatable bonds is 4. The molecule has 0 aliphatic carbocycles. The number of aromatic nitrogens is 4. The molecule has 0 aromatic carbocycles. The van der Waals surface area contributed by atoms with Crippen molar-refractivity contribution in [2.45, 2.75) is 19.4 Å². The van der Waals surface area contributed by atoms with Crippen molar-refractivity contribution in [3.05, 3.63) is 41.7 Å². The van der Waals surface area contributed by atoms with Crippen molar-refractivity contribution in [2.75, 3.05) is 0 Å². The van der Waals surface area contributed by atoms with E-state index in [0.717, 1.165) is 23.2 Å². The number of nitrogens with two attached hydrogens (primary N) is 1. The van der Waals surface area contributed by atoms with Gasteiger partial charge in [0.1, 0.15) is 6.33 Å². The van der Waals surface area contributed by atoms with Crippen LogP contribution in [0.4, 0.5) is 0 Å². The molecule has 1 unspecified atom stereocenters. The van der Waals surface area contributed by atoms with Gasteiger partial charge in [0, 0.05) is 36.8 Å². The van der Waals surface area contributed by atoms with Crippen LogP contribution in [0, 0.1) is 0 Å². The third-order valence-electron chi connectivity index (χ3n) is 2.66. The summed E-state index contributed by atoms with van der Waals surface area (Å²) >= 11 is 0. The van der Waals surface area contributed by atoms with Gasteiger partial charge in [0.2, 0.25) is 0 Å².